The van der Waals surface area contributed by atoms with Crippen LogP contribution in [0.2, 0.25) is 0 Å². The Balaban J connectivity index is 4.57. The fraction of sp³-hybridized carbons (Fsp3) is 1.00. The molecule has 0 aromatic heterocycles. The molecule has 2 nitrogen and oxygen atoms in total. The van der Waals surface area contributed by atoms with Crippen LogP contribution in [0.4, 0.5) is 13.2 Å². The first-order valence-corrected chi connectivity index (χ1v) is 6.73. The number of halogens is 3. The summed E-state index contributed by atoms with van der Waals surface area (Å²) < 4.78 is 36.6. The van der Waals surface area contributed by atoms with Crippen molar-refractivity contribution in [1.82, 2.24) is 4.90 Å². The molecule has 18 heavy (non-hydrogen) atoms. The van der Waals surface area contributed by atoms with Crippen LogP contribution in [0.3, 0.4) is 0 Å². The fourth-order valence-corrected chi connectivity index (χ4v) is 2.48. The van der Waals surface area contributed by atoms with Crippen molar-refractivity contribution >= 4 is 0 Å². The van der Waals surface area contributed by atoms with E-state index in [9.17, 15) is 13.2 Å². The molecule has 0 fully saturated rings. The topological polar surface area (TPSA) is 29.3 Å². The maximum absolute atomic E-state index is 12.2. The van der Waals surface area contributed by atoms with Crippen LogP contribution in [0.25, 0.3) is 0 Å². The highest BCUT2D eigenvalue weighted by atomic mass is 19.4. The lowest BCUT2D eigenvalue weighted by atomic mass is 9.90. The minimum absolute atomic E-state index is 0.143. The summed E-state index contributed by atoms with van der Waals surface area (Å²) in [5.74, 6) is 0. The molecule has 0 amide bonds. The van der Waals surface area contributed by atoms with Crippen molar-refractivity contribution in [1.29, 1.82) is 0 Å². The molecule has 0 rings (SSSR count). The van der Waals surface area contributed by atoms with E-state index >= 15 is 0 Å². The lowest BCUT2D eigenvalue weighted by Crippen LogP contribution is -2.55. The standard InChI is InChI=1S/C13H27F3N2/c1-5-11(3)18(6-2)12(4,10-17)8-7-9-13(14,15)16/h11H,5-10,17H2,1-4H3. The van der Waals surface area contributed by atoms with Gasteiger partial charge in [-0.25, -0.2) is 0 Å². The summed E-state index contributed by atoms with van der Waals surface area (Å²) >= 11 is 0. The predicted molar refractivity (Wildman–Crippen MR) is 69.5 cm³/mol. The molecular formula is C13H27F3N2. The Bertz CT molecular complexity index is 231. The number of hydrogen-bond acceptors (Lipinski definition) is 2. The molecule has 0 saturated carbocycles. The van der Waals surface area contributed by atoms with Crippen LogP contribution in [-0.4, -0.2) is 35.7 Å². The highest BCUT2D eigenvalue weighted by molar-refractivity contribution is 4.89. The third-order valence-electron chi connectivity index (χ3n) is 3.77. The Kier molecular flexibility index (Phi) is 7.22. The number of rotatable bonds is 8. The van der Waals surface area contributed by atoms with Crippen LogP contribution < -0.4 is 5.73 Å². The minimum Gasteiger partial charge on any atom is -0.329 e. The van der Waals surface area contributed by atoms with Crippen LogP contribution >= 0.6 is 0 Å². The molecule has 2 N–H and O–H groups in total. The smallest absolute Gasteiger partial charge is 0.329 e. The zero-order valence-corrected chi connectivity index (χ0v) is 12.0. The van der Waals surface area contributed by atoms with Gasteiger partial charge in [-0.3, -0.25) is 4.90 Å². The lowest BCUT2D eigenvalue weighted by Gasteiger charge is -2.44. The van der Waals surface area contributed by atoms with E-state index in [1.54, 1.807) is 0 Å². The third kappa shape index (κ3) is 5.57. The summed E-state index contributed by atoms with van der Waals surface area (Å²) in [6.07, 6.45) is -3.18. The van der Waals surface area contributed by atoms with Crippen molar-refractivity contribution in [2.45, 2.75) is 71.1 Å². The third-order valence-corrected chi connectivity index (χ3v) is 3.77. The average molecular weight is 268 g/mol. The van der Waals surface area contributed by atoms with Gasteiger partial charge in [0.05, 0.1) is 0 Å². The van der Waals surface area contributed by atoms with Gasteiger partial charge in [-0.05, 0) is 39.7 Å². The second-order valence-electron chi connectivity index (χ2n) is 5.21. The molecule has 0 heterocycles. The summed E-state index contributed by atoms with van der Waals surface area (Å²) in [4.78, 5) is 2.23. The summed E-state index contributed by atoms with van der Waals surface area (Å²) in [7, 11) is 0. The van der Waals surface area contributed by atoms with Gasteiger partial charge in [-0.1, -0.05) is 13.8 Å². The van der Waals surface area contributed by atoms with Gasteiger partial charge in [-0.15, -0.1) is 0 Å². The van der Waals surface area contributed by atoms with Crippen molar-refractivity contribution in [2.75, 3.05) is 13.1 Å². The van der Waals surface area contributed by atoms with Crippen molar-refractivity contribution in [3.63, 3.8) is 0 Å². The van der Waals surface area contributed by atoms with Crippen molar-refractivity contribution < 1.29 is 13.2 Å². The molecule has 0 radical (unpaired) electrons. The fourth-order valence-electron chi connectivity index (χ4n) is 2.48. The van der Waals surface area contributed by atoms with Crippen molar-refractivity contribution in [3.8, 4) is 0 Å². The van der Waals surface area contributed by atoms with Gasteiger partial charge in [0.1, 0.15) is 0 Å². The van der Waals surface area contributed by atoms with E-state index in [4.69, 9.17) is 5.73 Å². The molecule has 5 heteroatoms. The molecular weight excluding hydrogens is 241 g/mol. The van der Waals surface area contributed by atoms with Gasteiger partial charge >= 0.3 is 6.18 Å². The van der Waals surface area contributed by atoms with Crippen LogP contribution in [0.15, 0.2) is 0 Å². The van der Waals surface area contributed by atoms with E-state index in [0.717, 1.165) is 13.0 Å². The molecule has 0 aliphatic carbocycles. The van der Waals surface area contributed by atoms with Crippen molar-refractivity contribution in [2.24, 2.45) is 5.73 Å². The summed E-state index contributed by atoms with van der Waals surface area (Å²) in [5, 5.41) is 0. The SMILES string of the molecule is CCC(C)N(CC)C(C)(CN)CCCC(F)(F)F. The minimum atomic E-state index is -4.07. The van der Waals surface area contributed by atoms with Crippen LogP contribution in [0, 0.1) is 0 Å². The molecule has 0 aromatic rings. The van der Waals surface area contributed by atoms with Gasteiger partial charge in [0.25, 0.3) is 0 Å². The Morgan fingerprint density at radius 3 is 2.06 bits per heavy atom. The van der Waals surface area contributed by atoms with E-state index in [-0.39, 0.29) is 12.0 Å². The molecule has 2 atom stereocenters. The Labute approximate surface area is 109 Å². The van der Waals surface area contributed by atoms with E-state index in [0.29, 0.717) is 19.0 Å². The predicted octanol–water partition coefficient (Wildman–Crippen LogP) is 3.56. The maximum Gasteiger partial charge on any atom is 0.389 e. The first kappa shape index (κ1) is 17.7. The molecule has 110 valence electrons. The number of alkyl halides is 3. The second kappa shape index (κ2) is 7.34. The van der Waals surface area contributed by atoms with Gasteiger partial charge in [0.15, 0.2) is 0 Å². The zero-order valence-electron chi connectivity index (χ0n) is 12.0. The highest BCUT2D eigenvalue weighted by Gasteiger charge is 2.34. The Hall–Kier alpha value is -0.290. The lowest BCUT2D eigenvalue weighted by molar-refractivity contribution is -0.137. The number of likely N-dealkylation sites (N-methyl/N-ethyl adjacent to an activating group) is 1. The first-order valence-electron chi connectivity index (χ1n) is 6.73. The summed E-state index contributed by atoms with van der Waals surface area (Å²) in [6.45, 7) is 9.39. The molecule has 0 aliphatic rings. The Morgan fingerprint density at radius 2 is 1.72 bits per heavy atom. The molecule has 0 spiro atoms. The monoisotopic (exact) mass is 268 g/mol. The number of hydrogen-bond donors (Lipinski definition) is 1. The Morgan fingerprint density at radius 1 is 1.17 bits per heavy atom. The molecule has 2 unspecified atom stereocenters. The van der Waals surface area contributed by atoms with E-state index < -0.39 is 12.6 Å². The normalized spacial score (nSPS) is 17.8. The summed E-state index contributed by atoms with van der Waals surface area (Å²) in [6, 6.07) is 0.342. The van der Waals surface area contributed by atoms with Gasteiger partial charge in [-0.2, -0.15) is 13.2 Å². The zero-order chi connectivity index (χ0) is 14.4. The van der Waals surface area contributed by atoms with Crippen LogP contribution in [0.1, 0.15) is 53.4 Å². The second-order valence-corrected chi connectivity index (χ2v) is 5.21. The molecule has 0 aromatic carbocycles. The van der Waals surface area contributed by atoms with E-state index in [2.05, 4.69) is 18.7 Å². The highest BCUT2D eigenvalue weighted by Crippen LogP contribution is 2.28. The average Bonchev–Trinajstić information content (AvgIpc) is 2.27. The van der Waals surface area contributed by atoms with Gasteiger partial charge in [0, 0.05) is 24.5 Å². The molecule has 0 bridgehead atoms. The van der Waals surface area contributed by atoms with Gasteiger partial charge < -0.3 is 5.73 Å². The van der Waals surface area contributed by atoms with Crippen molar-refractivity contribution in [3.05, 3.63) is 0 Å². The largest absolute Gasteiger partial charge is 0.389 e. The maximum atomic E-state index is 12.2. The van der Waals surface area contributed by atoms with Crippen LogP contribution in [0.5, 0.6) is 0 Å². The van der Waals surface area contributed by atoms with E-state index in [1.807, 2.05) is 13.8 Å². The summed E-state index contributed by atoms with van der Waals surface area (Å²) in [5.41, 5.74) is 5.47. The van der Waals surface area contributed by atoms with Crippen LogP contribution in [-0.2, 0) is 0 Å². The molecule has 0 saturated heterocycles. The quantitative estimate of drug-likeness (QED) is 0.729. The molecule has 0 aliphatic heterocycles. The number of nitrogens with two attached hydrogens (primary N) is 1. The van der Waals surface area contributed by atoms with Gasteiger partial charge in [0.2, 0.25) is 0 Å². The number of nitrogens with zero attached hydrogens (tertiary/aromatic N) is 1. The first-order chi connectivity index (χ1) is 8.20. The van der Waals surface area contributed by atoms with E-state index in [1.165, 1.54) is 0 Å².